The van der Waals surface area contributed by atoms with E-state index in [1.807, 2.05) is 30.3 Å². The van der Waals surface area contributed by atoms with Gasteiger partial charge in [-0.3, -0.25) is 9.78 Å². The van der Waals surface area contributed by atoms with Crippen molar-refractivity contribution < 1.29 is 13.5 Å². The predicted octanol–water partition coefficient (Wildman–Crippen LogP) is 4.84. The smallest absolute Gasteiger partial charge is 0.263 e. The number of nitrogens with zero attached hydrogens (tertiary/aromatic N) is 4. The summed E-state index contributed by atoms with van der Waals surface area (Å²) in [6.45, 7) is 0.531. The van der Waals surface area contributed by atoms with Crippen LogP contribution in [0.3, 0.4) is 0 Å². The Morgan fingerprint density at radius 1 is 1.06 bits per heavy atom. The number of aromatic nitrogens is 4. The molecule has 5 rings (SSSR count). The maximum Gasteiger partial charge on any atom is 0.263 e. The first-order valence-corrected chi connectivity index (χ1v) is 11.6. The number of H-pyrrole nitrogens is 1. The molecule has 1 N–H and O–H groups in total. The molecule has 1 aliphatic rings. The van der Waals surface area contributed by atoms with Crippen molar-refractivity contribution in [2.75, 3.05) is 19.0 Å². The van der Waals surface area contributed by atoms with Gasteiger partial charge < -0.3 is 9.64 Å². The lowest BCUT2D eigenvalue weighted by Gasteiger charge is -2.19. The van der Waals surface area contributed by atoms with Crippen molar-refractivity contribution in [3.05, 3.63) is 87.3 Å². The van der Waals surface area contributed by atoms with Crippen molar-refractivity contribution in [3.63, 3.8) is 0 Å². The number of anilines is 1. The Hall–Kier alpha value is -3.59. The highest BCUT2D eigenvalue weighted by Crippen LogP contribution is 2.44. The average Bonchev–Trinajstić information content (AvgIpc) is 3.62. The highest BCUT2D eigenvalue weighted by molar-refractivity contribution is 5.78. The summed E-state index contributed by atoms with van der Waals surface area (Å²) in [5.41, 5.74) is 2.55. The second kappa shape index (κ2) is 9.58. The third-order valence-electron chi connectivity index (χ3n) is 6.26. The van der Waals surface area contributed by atoms with Crippen molar-refractivity contribution in [2.24, 2.45) is 5.92 Å². The quantitative estimate of drug-likeness (QED) is 0.372. The molecule has 7 nitrogen and oxygen atoms in total. The Bertz CT molecular complexity index is 1360. The molecule has 0 radical (unpaired) electrons. The molecule has 0 spiro atoms. The summed E-state index contributed by atoms with van der Waals surface area (Å²) in [4.78, 5) is 22.4. The molecule has 1 aliphatic carbocycles. The molecule has 0 aliphatic heterocycles. The van der Waals surface area contributed by atoms with Crippen LogP contribution in [-0.4, -0.2) is 33.8 Å². The maximum absolute atomic E-state index is 13.1. The highest BCUT2D eigenvalue weighted by atomic mass is 19.3. The Morgan fingerprint density at radius 3 is 2.37 bits per heavy atom. The molecule has 35 heavy (non-hydrogen) atoms. The van der Waals surface area contributed by atoms with E-state index in [4.69, 9.17) is 14.8 Å². The molecule has 0 bridgehead atoms. The monoisotopic (exact) mass is 479 g/mol. The lowest BCUT2D eigenvalue weighted by Crippen LogP contribution is -2.21. The summed E-state index contributed by atoms with van der Waals surface area (Å²) in [7, 11) is 3.60. The van der Waals surface area contributed by atoms with Gasteiger partial charge in [-0.2, -0.15) is 10.1 Å². The molecule has 1 fully saturated rings. The first-order valence-electron chi connectivity index (χ1n) is 11.6. The van der Waals surface area contributed by atoms with Gasteiger partial charge in [0.15, 0.2) is 5.65 Å². The second-order valence-electron chi connectivity index (χ2n) is 9.10. The van der Waals surface area contributed by atoms with Gasteiger partial charge in [0.05, 0.1) is 19.3 Å². The molecule has 1 saturated carbocycles. The normalized spacial score (nSPS) is 14.5. The number of alkyl halides is 2. The van der Waals surface area contributed by atoms with Gasteiger partial charge in [-0.1, -0.05) is 54.6 Å². The molecular weight excluding hydrogens is 452 g/mol. The highest BCUT2D eigenvalue weighted by Gasteiger charge is 2.36. The second-order valence-corrected chi connectivity index (χ2v) is 9.10. The van der Waals surface area contributed by atoms with Crippen molar-refractivity contribution in [3.8, 4) is 0 Å². The van der Waals surface area contributed by atoms with Crippen molar-refractivity contribution in [1.29, 1.82) is 0 Å². The first kappa shape index (κ1) is 23.2. The van der Waals surface area contributed by atoms with Gasteiger partial charge in [0.1, 0.15) is 11.1 Å². The van der Waals surface area contributed by atoms with Crippen LogP contribution in [0.4, 0.5) is 14.7 Å². The number of ether oxygens (including phenoxy) is 1. The van der Waals surface area contributed by atoms with Crippen LogP contribution < -0.4 is 10.5 Å². The molecule has 1 unspecified atom stereocenters. The van der Waals surface area contributed by atoms with Crippen LogP contribution in [0.25, 0.3) is 11.0 Å². The first-order chi connectivity index (χ1) is 16.9. The molecule has 1 atom stereocenters. The minimum atomic E-state index is -2.52. The molecule has 2 aromatic carbocycles. The Morgan fingerprint density at radius 2 is 1.74 bits per heavy atom. The number of fused-ring (bicyclic) bond motifs is 1. The molecule has 0 amide bonds. The van der Waals surface area contributed by atoms with Crippen LogP contribution in [0.5, 0.6) is 0 Å². The van der Waals surface area contributed by atoms with Crippen LogP contribution in [0, 0.1) is 5.92 Å². The summed E-state index contributed by atoms with van der Waals surface area (Å²) >= 11 is 0. The minimum absolute atomic E-state index is 0.0203. The number of hydrogen-bond donors (Lipinski definition) is 1. The van der Waals surface area contributed by atoms with E-state index in [1.54, 1.807) is 35.8 Å². The summed E-state index contributed by atoms with van der Waals surface area (Å²) in [5.74, 6) is 0.709. The van der Waals surface area contributed by atoms with E-state index in [-0.39, 0.29) is 29.7 Å². The fraction of sp³-hybridized carbons (Fsp3) is 0.346. The third kappa shape index (κ3) is 4.81. The van der Waals surface area contributed by atoms with Gasteiger partial charge in [0.2, 0.25) is 5.95 Å². The summed E-state index contributed by atoms with van der Waals surface area (Å²) in [6.07, 6.45) is -0.538. The number of halogens is 2. The van der Waals surface area contributed by atoms with E-state index in [1.165, 1.54) is 12.1 Å². The largest absolute Gasteiger partial charge is 0.370 e. The number of rotatable bonds is 9. The van der Waals surface area contributed by atoms with E-state index in [2.05, 4.69) is 4.98 Å². The zero-order valence-electron chi connectivity index (χ0n) is 19.6. The number of aromatic amines is 1. The number of hydrogen-bond acceptors (Lipinski definition) is 5. The maximum atomic E-state index is 13.1. The van der Waals surface area contributed by atoms with Crippen LogP contribution in [0.1, 0.15) is 47.7 Å². The molecular formula is C26H27F2N5O2. The van der Waals surface area contributed by atoms with E-state index in [9.17, 15) is 13.6 Å². The zero-order valence-corrected chi connectivity index (χ0v) is 19.6. The summed E-state index contributed by atoms with van der Waals surface area (Å²) < 4.78 is 34.0. The molecule has 2 aromatic heterocycles. The standard InChI is InChI=1S/C26H27F2N5O2/c1-32(2)26-29-24-21(25(34)30-26)20(15-35-14-16-6-4-3-5-7-16)31-33(24)22(17-8-9-17)18-10-12-19(13-11-18)23(27)28/h3-7,10-13,17,22-23H,8-9,14-15H2,1-2H3,(H,29,30,34). The van der Waals surface area contributed by atoms with Gasteiger partial charge in [0.25, 0.3) is 12.0 Å². The van der Waals surface area contributed by atoms with E-state index >= 15 is 0 Å². The van der Waals surface area contributed by atoms with Crippen LogP contribution in [0.15, 0.2) is 59.4 Å². The molecule has 2 heterocycles. The molecule has 0 saturated heterocycles. The van der Waals surface area contributed by atoms with Gasteiger partial charge in [-0.05, 0) is 29.9 Å². The van der Waals surface area contributed by atoms with Gasteiger partial charge in [-0.15, -0.1) is 0 Å². The van der Waals surface area contributed by atoms with Crippen LogP contribution >= 0.6 is 0 Å². The molecule has 4 aromatic rings. The van der Waals surface area contributed by atoms with Gasteiger partial charge in [0, 0.05) is 19.7 Å². The lowest BCUT2D eigenvalue weighted by molar-refractivity contribution is 0.104. The Balaban J connectivity index is 1.56. The number of nitrogens with one attached hydrogen (secondary N) is 1. The minimum Gasteiger partial charge on any atom is -0.370 e. The SMILES string of the molecule is CN(C)c1nc2c(c(COCc3ccccc3)nn2C(c2ccc(C(F)F)cc2)C2CC2)c(=O)[nH]1. The fourth-order valence-corrected chi connectivity index (χ4v) is 4.31. The zero-order chi connectivity index (χ0) is 24.5. The summed E-state index contributed by atoms with van der Waals surface area (Å²) in [5, 5.41) is 5.21. The van der Waals surface area contributed by atoms with Crippen molar-refractivity contribution in [1.82, 2.24) is 19.7 Å². The predicted molar refractivity (Wildman–Crippen MR) is 130 cm³/mol. The van der Waals surface area contributed by atoms with E-state index in [0.717, 1.165) is 24.0 Å². The Kier molecular flexibility index (Phi) is 6.34. The summed E-state index contributed by atoms with van der Waals surface area (Å²) in [6, 6.07) is 15.9. The fourth-order valence-electron chi connectivity index (χ4n) is 4.31. The van der Waals surface area contributed by atoms with Crippen LogP contribution in [-0.2, 0) is 18.0 Å². The Labute approximate surface area is 201 Å². The van der Waals surface area contributed by atoms with Gasteiger partial charge in [-0.25, -0.2) is 13.5 Å². The van der Waals surface area contributed by atoms with E-state index < -0.39 is 6.43 Å². The topological polar surface area (TPSA) is 76.0 Å². The van der Waals surface area contributed by atoms with Gasteiger partial charge >= 0.3 is 0 Å². The third-order valence-corrected chi connectivity index (χ3v) is 6.26. The average molecular weight is 480 g/mol. The number of benzene rings is 2. The van der Waals surface area contributed by atoms with Crippen molar-refractivity contribution in [2.45, 2.75) is 38.5 Å². The molecule has 182 valence electrons. The lowest BCUT2D eigenvalue weighted by atomic mass is 10.0. The molecule has 9 heteroatoms. The van der Waals surface area contributed by atoms with Crippen LogP contribution in [0.2, 0.25) is 0 Å². The van der Waals surface area contributed by atoms with E-state index in [0.29, 0.717) is 29.3 Å². The van der Waals surface area contributed by atoms with Crippen molar-refractivity contribution >= 4 is 17.0 Å².